The van der Waals surface area contributed by atoms with E-state index in [1.165, 1.54) is 0 Å². The Morgan fingerprint density at radius 2 is 1.95 bits per heavy atom. The number of hydrogen-bond donors (Lipinski definition) is 1. The van der Waals surface area contributed by atoms with Crippen LogP contribution in [0.25, 0.3) is 0 Å². The molecule has 1 amide bonds. The maximum Gasteiger partial charge on any atom is 0.277 e. The summed E-state index contributed by atoms with van der Waals surface area (Å²) in [5, 5.41) is 4.72. The quantitative estimate of drug-likeness (QED) is 0.666. The van der Waals surface area contributed by atoms with Crippen LogP contribution in [0.4, 0.5) is 0 Å². The first kappa shape index (κ1) is 16.3. The Labute approximate surface area is 138 Å². The molecule has 6 heteroatoms. The molecule has 0 radical (unpaired) electrons. The largest absolute Gasteiger partial charge is 0.482 e. The predicted molar refractivity (Wildman–Crippen MR) is 88.9 cm³/mol. The van der Waals surface area contributed by atoms with Gasteiger partial charge in [0.25, 0.3) is 5.91 Å². The molecule has 0 bridgehead atoms. The number of halogens is 2. The van der Waals surface area contributed by atoms with Crippen LogP contribution in [-0.2, 0) is 4.79 Å². The van der Waals surface area contributed by atoms with Crippen LogP contribution in [0.3, 0.4) is 0 Å². The van der Waals surface area contributed by atoms with Gasteiger partial charge >= 0.3 is 0 Å². The zero-order valence-electron chi connectivity index (χ0n) is 11.8. The second-order valence-electron chi connectivity index (χ2n) is 4.57. The highest BCUT2D eigenvalue weighted by atomic mass is 35.5. The number of hydrogen-bond acceptors (Lipinski definition) is 3. The van der Waals surface area contributed by atoms with E-state index in [4.69, 9.17) is 27.9 Å². The molecule has 22 heavy (non-hydrogen) atoms. The van der Waals surface area contributed by atoms with Crippen molar-refractivity contribution in [2.75, 3.05) is 6.61 Å². The van der Waals surface area contributed by atoms with Gasteiger partial charge in [-0.2, -0.15) is 5.10 Å². The number of amides is 1. The third-order valence-corrected chi connectivity index (χ3v) is 3.26. The van der Waals surface area contributed by atoms with Crippen LogP contribution in [0, 0.1) is 6.92 Å². The average molecular weight is 337 g/mol. The molecule has 0 aliphatic carbocycles. The highest BCUT2D eigenvalue weighted by Gasteiger charge is 2.05. The fraction of sp³-hybridized carbons (Fsp3) is 0.125. The molecule has 0 fully saturated rings. The van der Waals surface area contributed by atoms with Crippen LogP contribution >= 0.6 is 23.2 Å². The molecule has 2 aromatic rings. The van der Waals surface area contributed by atoms with Gasteiger partial charge in [-0.05, 0) is 30.7 Å². The highest BCUT2D eigenvalue weighted by molar-refractivity contribution is 6.35. The van der Waals surface area contributed by atoms with E-state index in [9.17, 15) is 4.79 Å². The highest BCUT2D eigenvalue weighted by Crippen LogP contribution is 2.27. The minimum atomic E-state index is -0.380. The molecule has 0 unspecified atom stereocenters. The zero-order chi connectivity index (χ0) is 15.9. The minimum Gasteiger partial charge on any atom is -0.482 e. The number of ether oxygens (including phenoxy) is 1. The molecule has 114 valence electrons. The number of hydrazone groups is 1. The van der Waals surface area contributed by atoms with Gasteiger partial charge in [0, 0.05) is 5.02 Å². The molecule has 2 aromatic carbocycles. The van der Waals surface area contributed by atoms with E-state index >= 15 is 0 Å². The Morgan fingerprint density at radius 3 is 2.64 bits per heavy atom. The van der Waals surface area contributed by atoms with Crippen LogP contribution < -0.4 is 10.2 Å². The minimum absolute atomic E-state index is 0.188. The first-order valence-corrected chi connectivity index (χ1v) is 7.26. The smallest absolute Gasteiger partial charge is 0.277 e. The maximum absolute atomic E-state index is 11.6. The van der Waals surface area contributed by atoms with E-state index in [0.29, 0.717) is 15.8 Å². The fourth-order valence-electron chi connectivity index (χ4n) is 1.60. The van der Waals surface area contributed by atoms with Gasteiger partial charge < -0.3 is 4.74 Å². The Balaban J connectivity index is 1.81. The summed E-state index contributed by atoms with van der Waals surface area (Å²) in [6.07, 6.45) is 1.56. The van der Waals surface area contributed by atoms with Crippen molar-refractivity contribution >= 4 is 35.3 Å². The SMILES string of the molecule is Cc1ccc(/C=N/NC(=O)COc2ccc(Cl)cc2Cl)cc1. The number of benzene rings is 2. The average Bonchev–Trinajstić information content (AvgIpc) is 2.48. The Hall–Kier alpha value is -2.04. The lowest BCUT2D eigenvalue weighted by Gasteiger charge is -2.06. The van der Waals surface area contributed by atoms with Crippen LogP contribution in [0.1, 0.15) is 11.1 Å². The molecule has 0 aliphatic heterocycles. The van der Waals surface area contributed by atoms with E-state index in [2.05, 4.69) is 10.5 Å². The molecule has 2 rings (SSSR count). The Kier molecular flexibility index (Phi) is 5.81. The summed E-state index contributed by atoms with van der Waals surface area (Å²) in [5.41, 5.74) is 4.44. The third-order valence-electron chi connectivity index (χ3n) is 2.73. The fourth-order valence-corrected chi connectivity index (χ4v) is 2.06. The molecule has 0 heterocycles. The lowest BCUT2D eigenvalue weighted by atomic mass is 10.2. The Bertz CT molecular complexity index is 685. The van der Waals surface area contributed by atoms with Crippen molar-refractivity contribution < 1.29 is 9.53 Å². The lowest BCUT2D eigenvalue weighted by Crippen LogP contribution is -2.24. The summed E-state index contributed by atoms with van der Waals surface area (Å²) in [6, 6.07) is 12.5. The predicted octanol–water partition coefficient (Wildman–Crippen LogP) is 3.83. The van der Waals surface area contributed by atoms with Gasteiger partial charge in [-0.1, -0.05) is 53.0 Å². The first-order chi connectivity index (χ1) is 10.5. The van der Waals surface area contributed by atoms with Crippen molar-refractivity contribution in [3.8, 4) is 5.75 Å². The molecule has 0 aliphatic rings. The van der Waals surface area contributed by atoms with Crippen molar-refractivity contribution in [2.24, 2.45) is 5.10 Å². The zero-order valence-corrected chi connectivity index (χ0v) is 13.4. The summed E-state index contributed by atoms with van der Waals surface area (Å²) >= 11 is 11.7. The number of rotatable bonds is 5. The first-order valence-electron chi connectivity index (χ1n) is 6.51. The normalized spacial score (nSPS) is 10.7. The van der Waals surface area contributed by atoms with Gasteiger partial charge in [0.1, 0.15) is 5.75 Å². The van der Waals surface area contributed by atoms with Crippen molar-refractivity contribution in [3.05, 3.63) is 63.6 Å². The van der Waals surface area contributed by atoms with Gasteiger partial charge in [-0.25, -0.2) is 5.43 Å². The van der Waals surface area contributed by atoms with Crippen LogP contribution in [0.2, 0.25) is 10.0 Å². The van der Waals surface area contributed by atoms with E-state index in [-0.39, 0.29) is 12.5 Å². The van der Waals surface area contributed by atoms with Crippen molar-refractivity contribution in [1.29, 1.82) is 0 Å². The van der Waals surface area contributed by atoms with Gasteiger partial charge in [-0.3, -0.25) is 4.79 Å². The summed E-state index contributed by atoms with van der Waals surface area (Å²) in [4.78, 5) is 11.6. The molecule has 1 N–H and O–H groups in total. The van der Waals surface area contributed by atoms with Gasteiger partial charge in [-0.15, -0.1) is 0 Å². The molecule has 0 saturated heterocycles. The molecular formula is C16H14Cl2N2O2. The van der Waals surface area contributed by atoms with E-state index < -0.39 is 0 Å². The maximum atomic E-state index is 11.6. The van der Waals surface area contributed by atoms with E-state index in [1.807, 2.05) is 31.2 Å². The van der Waals surface area contributed by atoms with E-state index in [1.54, 1.807) is 24.4 Å². The van der Waals surface area contributed by atoms with Crippen molar-refractivity contribution in [2.45, 2.75) is 6.92 Å². The number of aryl methyl sites for hydroxylation is 1. The summed E-state index contributed by atoms with van der Waals surface area (Å²) in [7, 11) is 0. The third kappa shape index (κ3) is 5.06. The van der Waals surface area contributed by atoms with Crippen LogP contribution in [0.5, 0.6) is 5.75 Å². The van der Waals surface area contributed by atoms with Crippen molar-refractivity contribution in [3.63, 3.8) is 0 Å². The van der Waals surface area contributed by atoms with Gasteiger partial charge in [0.15, 0.2) is 6.61 Å². The molecule has 0 aromatic heterocycles. The monoisotopic (exact) mass is 336 g/mol. The lowest BCUT2D eigenvalue weighted by molar-refractivity contribution is -0.123. The second kappa shape index (κ2) is 7.82. The molecule has 0 atom stereocenters. The number of nitrogens with one attached hydrogen (secondary N) is 1. The topological polar surface area (TPSA) is 50.7 Å². The molecular weight excluding hydrogens is 323 g/mol. The van der Waals surface area contributed by atoms with Gasteiger partial charge in [0.2, 0.25) is 0 Å². The Morgan fingerprint density at radius 1 is 1.23 bits per heavy atom. The number of nitrogens with zero attached hydrogens (tertiary/aromatic N) is 1. The van der Waals surface area contributed by atoms with Crippen LogP contribution in [-0.4, -0.2) is 18.7 Å². The summed E-state index contributed by atoms with van der Waals surface area (Å²) in [6.45, 7) is 1.81. The standard InChI is InChI=1S/C16H14Cl2N2O2/c1-11-2-4-12(5-3-11)9-19-20-16(21)10-22-15-7-6-13(17)8-14(15)18/h2-9H,10H2,1H3,(H,20,21)/b19-9+. The molecule has 0 saturated carbocycles. The van der Waals surface area contributed by atoms with Crippen LogP contribution in [0.15, 0.2) is 47.6 Å². The number of carbonyl (C=O) groups is 1. The van der Waals surface area contributed by atoms with Crippen molar-refractivity contribution in [1.82, 2.24) is 5.43 Å². The van der Waals surface area contributed by atoms with E-state index in [0.717, 1.165) is 11.1 Å². The second-order valence-corrected chi connectivity index (χ2v) is 5.41. The number of carbonyl (C=O) groups excluding carboxylic acids is 1. The molecule has 4 nitrogen and oxygen atoms in total. The summed E-state index contributed by atoms with van der Waals surface area (Å²) in [5.74, 6) is 0.0121. The molecule has 0 spiro atoms. The van der Waals surface area contributed by atoms with Gasteiger partial charge in [0.05, 0.1) is 11.2 Å². The summed E-state index contributed by atoms with van der Waals surface area (Å²) < 4.78 is 5.30.